The van der Waals surface area contributed by atoms with E-state index in [0.717, 1.165) is 0 Å². The Balaban J connectivity index is 2.95. The van der Waals surface area contributed by atoms with Gasteiger partial charge in [0.2, 0.25) is 0 Å². The SMILES string of the molecule is NNc1ccc(OC(F)F)cc1C=O. The summed E-state index contributed by atoms with van der Waals surface area (Å²) in [7, 11) is 0. The zero-order valence-corrected chi connectivity index (χ0v) is 7.04. The van der Waals surface area contributed by atoms with Crippen molar-refractivity contribution in [3.05, 3.63) is 23.8 Å². The van der Waals surface area contributed by atoms with E-state index >= 15 is 0 Å². The van der Waals surface area contributed by atoms with Gasteiger partial charge in [0.15, 0.2) is 6.29 Å². The number of alkyl halides is 2. The number of nitrogens with one attached hydrogen (secondary N) is 1. The van der Waals surface area contributed by atoms with Crippen molar-refractivity contribution in [3.8, 4) is 5.75 Å². The number of carbonyl (C=O) groups excluding carboxylic acids is 1. The lowest BCUT2D eigenvalue weighted by Crippen LogP contribution is -2.09. The Morgan fingerprint density at radius 3 is 2.71 bits per heavy atom. The molecule has 1 rings (SSSR count). The van der Waals surface area contributed by atoms with Crippen LogP contribution in [0.15, 0.2) is 18.2 Å². The Bertz CT molecular complexity index is 331. The molecule has 0 unspecified atom stereocenters. The van der Waals surface area contributed by atoms with E-state index in [0.29, 0.717) is 12.0 Å². The van der Waals surface area contributed by atoms with Crippen LogP contribution in [-0.2, 0) is 0 Å². The van der Waals surface area contributed by atoms with Gasteiger partial charge in [-0.05, 0) is 18.2 Å². The molecule has 0 bridgehead atoms. The quantitative estimate of drug-likeness (QED) is 0.440. The minimum Gasteiger partial charge on any atom is -0.435 e. The molecule has 0 fully saturated rings. The molecule has 0 saturated carbocycles. The fourth-order valence-corrected chi connectivity index (χ4v) is 0.946. The minimum atomic E-state index is -2.91. The van der Waals surface area contributed by atoms with Crippen molar-refractivity contribution in [1.29, 1.82) is 0 Å². The van der Waals surface area contributed by atoms with E-state index in [1.807, 2.05) is 0 Å². The first kappa shape index (κ1) is 10.4. The Kier molecular flexibility index (Phi) is 3.35. The average molecular weight is 202 g/mol. The molecule has 0 atom stereocenters. The number of rotatable bonds is 4. The number of hydrogen-bond acceptors (Lipinski definition) is 4. The molecule has 6 heteroatoms. The Hall–Kier alpha value is -1.69. The first-order valence-electron chi connectivity index (χ1n) is 3.68. The highest BCUT2D eigenvalue weighted by atomic mass is 19.3. The molecule has 0 heterocycles. The van der Waals surface area contributed by atoms with Crippen LogP contribution in [0, 0.1) is 0 Å². The van der Waals surface area contributed by atoms with Crippen LogP contribution in [0.3, 0.4) is 0 Å². The normalized spacial score (nSPS) is 10.0. The standard InChI is InChI=1S/C8H8F2N2O2/c9-8(10)14-6-1-2-7(12-11)5(3-6)4-13/h1-4,8,12H,11H2. The van der Waals surface area contributed by atoms with Crippen molar-refractivity contribution < 1.29 is 18.3 Å². The smallest absolute Gasteiger partial charge is 0.387 e. The number of anilines is 1. The van der Waals surface area contributed by atoms with E-state index in [2.05, 4.69) is 10.2 Å². The fraction of sp³-hybridized carbons (Fsp3) is 0.125. The minimum absolute atomic E-state index is 0.0823. The van der Waals surface area contributed by atoms with Crippen LogP contribution >= 0.6 is 0 Å². The largest absolute Gasteiger partial charge is 0.435 e. The molecule has 0 aliphatic carbocycles. The summed E-state index contributed by atoms with van der Waals surface area (Å²) in [5.41, 5.74) is 2.76. The van der Waals surface area contributed by atoms with Crippen LogP contribution in [0.1, 0.15) is 10.4 Å². The number of nitrogen functional groups attached to an aromatic ring is 1. The van der Waals surface area contributed by atoms with Gasteiger partial charge < -0.3 is 10.2 Å². The van der Waals surface area contributed by atoms with E-state index < -0.39 is 6.61 Å². The van der Waals surface area contributed by atoms with Gasteiger partial charge in [-0.2, -0.15) is 8.78 Å². The number of ether oxygens (including phenoxy) is 1. The molecule has 0 spiro atoms. The predicted molar refractivity (Wildman–Crippen MR) is 46.3 cm³/mol. The molecule has 0 saturated heterocycles. The van der Waals surface area contributed by atoms with Gasteiger partial charge in [0.1, 0.15) is 5.75 Å². The third kappa shape index (κ3) is 2.40. The van der Waals surface area contributed by atoms with Crippen molar-refractivity contribution in [3.63, 3.8) is 0 Å². The van der Waals surface area contributed by atoms with Crippen LogP contribution in [0.25, 0.3) is 0 Å². The number of nitrogens with two attached hydrogens (primary N) is 1. The summed E-state index contributed by atoms with van der Waals surface area (Å²) in [5.74, 6) is 5.00. The van der Waals surface area contributed by atoms with Crippen molar-refractivity contribution >= 4 is 12.0 Å². The number of benzene rings is 1. The van der Waals surface area contributed by atoms with Crippen LogP contribution in [0.5, 0.6) is 5.75 Å². The zero-order valence-electron chi connectivity index (χ0n) is 7.04. The monoisotopic (exact) mass is 202 g/mol. The topological polar surface area (TPSA) is 64.3 Å². The van der Waals surface area contributed by atoms with E-state index in [1.165, 1.54) is 18.2 Å². The third-order valence-corrected chi connectivity index (χ3v) is 1.53. The molecule has 14 heavy (non-hydrogen) atoms. The summed E-state index contributed by atoms with van der Waals surface area (Å²) in [5, 5.41) is 0. The first-order chi connectivity index (χ1) is 6.67. The van der Waals surface area contributed by atoms with Gasteiger partial charge in [-0.25, -0.2) is 0 Å². The number of carbonyl (C=O) groups is 1. The van der Waals surface area contributed by atoms with Crippen LogP contribution < -0.4 is 16.0 Å². The molecular weight excluding hydrogens is 194 g/mol. The number of hydrogen-bond donors (Lipinski definition) is 2. The molecule has 0 aliphatic heterocycles. The van der Waals surface area contributed by atoms with E-state index in [9.17, 15) is 13.6 Å². The highest BCUT2D eigenvalue weighted by molar-refractivity contribution is 5.84. The van der Waals surface area contributed by atoms with Crippen LogP contribution in [-0.4, -0.2) is 12.9 Å². The lowest BCUT2D eigenvalue weighted by molar-refractivity contribution is -0.0498. The number of hydrazine groups is 1. The van der Waals surface area contributed by atoms with Crippen LogP contribution in [0.4, 0.5) is 14.5 Å². The molecule has 1 aromatic rings. The van der Waals surface area contributed by atoms with Gasteiger partial charge in [-0.3, -0.25) is 10.6 Å². The summed E-state index contributed by atoms with van der Waals surface area (Å²) in [6.45, 7) is -2.91. The predicted octanol–water partition coefficient (Wildman–Crippen LogP) is 1.39. The molecule has 0 amide bonds. The van der Waals surface area contributed by atoms with Crippen molar-refractivity contribution in [2.45, 2.75) is 6.61 Å². The zero-order chi connectivity index (χ0) is 10.6. The maximum atomic E-state index is 11.8. The second kappa shape index (κ2) is 4.52. The molecule has 0 aromatic heterocycles. The second-order valence-electron chi connectivity index (χ2n) is 2.39. The van der Waals surface area contributed by atoms with E-state index in [-0.39, 0.29) is 11.3 Å². The van der Waals surface area contributed by atoms with Crippen molar-refractivity contribution in [2.75, 3.05) is 5.43 Å². The highest BCUT2D eigenvalue weighted by Gasteiger charge is 2.07. The Morgan fingerprint density at radius 1 is 1.50 bits per heavy atom. The molecule has 0 radical (unpaired) electrons. The summed E-state index contributed by atoms with van der Waals surface area (Å²) >= 11 is 0. The van der Waals surface area contributed by atoms with Crippen LogP contribution in [0.2, 0.25) is 0 Å². The lowest BCUT2D eigenvalue weighted by Gasteiger charge is -2.07. The van der Waals surface area contributed by atoms with Crippen molar-refractivity contribution in [2.24, 2.45) is 5.84 Å². The Morgan fingerprint density at radius 2 is 2.21 bits per heavy atom. The van der Waals surface area contributed by atoms with E-state index in [1.54, 1.807) is 0 Å². The van der Waals surface area contributed by atoms with Gasteiger partial charge >= 0.3 is 6.61 Å². The van der Waals surface area contributed by atoms with Gasteiger partial charge in [0.05, 0.1) is 5.69 Å². The maximum Gasteiger partial charge on any atom is 0.387 e. The molecule has 4 nitrogen and oxygen atoms in total. The summed E-state index contributed by atoms with van der Waals surface area (Å²) in [4.78, 5) is 10.5. The molecule has 1 aromatic carbocycles. The maximum absolute atomic E-state index is 11.8. The average Bonchev–Trinajstić information content (AvgIpc) is 2.16. The summed E-state index contributed by atoms with van der Waals surface area (Å²) in [6.07, 6.45) is 0.494. The lowest BCUT2D eigenvalue weighted by atomic mass is 10.2. The van der Waals surface area contributed by atoms with Gasteiger partial charge in [-0.1, -0.05) is 0 Å². The fourth-order valence-electron chi connectivity index (χ4n) is 0.946. The summed E-state index contributed by atoms with van der Waals surface area (Å²) in [6, 6.07) is 3.84. The Labute approximate surface area is 78.6 Å². The summed E-state index contributed by atoms with van der Waals surface area (Å²) < 4.78 is 27.7. The molecule has 76 valence electrons. The molecule has 0 aliphatic rings. The molecule has 3 N–H and O–H groups in total. The van der Waals surface area contributed by atoms with Crippen molar-refractivity contribution in [1.82, 2.24) is 0 Å². The van der Waals surface area contributed by atoms with Gasteiger partial charge in [-0.15, -0.1) is 0 Å². The first-order valence-corrected chi connectivity index (χ1v) is 3.68. The highest BCUT2D eigenvalue weighted by Crippen LogP contribution is 2.21. The number of aldehydes is 1. The molecular formula is C8H8F2N2O2. The third-order valence-electron chi connectivity index (χ3n) is 1.53. The second-order valence-corrected chi connectivity index (χ2v) is 2.39. The van der Waals surface area contributed by atoms with Gasteiger partial charge in [0.25, 0.3) is 0 Å². The van der Waals surface area contributed by atoms with E-state index in [4.69, 9.17) is 5.84 Å². The number of halogens is 2. The van der Waals surface area contributed by atoms with Gasteiger partial charge in [0, 0.05) is 5.56 Å².